The number of hydrogen-bond donors (Lipinski definition) is 1. The van der Waals surface area contributed by atoms with Crippen LogP contribution in [0, 0.1) is 5.92 Å². The van der Waals surface area contributed by atoms with E-state index in [9.17, 15) is 0 Å². The van der Waals surface area contributed by atoms with Crippen molar-refractivity contribution in [3.8, 4) is 11.4 Å². The number of likely N-dealkylation sites (N-methyl/N-ethyl adjacent to an activating group) is 1. The van der Waals surface area contributed by atoms with E-state index >= 15 is 0 Å². The molecular weight excluding hydrogens is 222 g/mol. The summed E-state index contributed by atoms with van der Waals surface area (Å²) in [5.41, 5.74) is 1.17. The van der Waals surface area contributed by atoms with Gasteiger partial charge in [0.25, 0.3) is 0 Å². The molecule has 0 amide bonds. The second kappa shape index (κ2) is 5.83. The molecule has 1 heterocycles. The molecule has 2 rings (SSSR count). The van der Waals surface area contributed by atoms with Crippen molar-refractivity contribution in [2.24, 2.45) is 5.92 Å². The molecule has 1 unspecified atom stereocenters. The first-order valence-electron chi connectivity index (χ1n) is 6.46. The lowest BCUT2D eigenvalue weighted by Crippen LogP contribution is -2.34. The first-order chi connectivity index (χ1) is 8.72. The maximum atomic E-state index is 4.47. The Balaban J connectivity index is 2.23. The highest BCUT2D eigenvalue weighted by Gasteiger charge is 2.14. The fourth-order valence-electron chi connectivity index (χ4n) is 2.15. The average Bonchev–Trinajstić information content (AvgIpc) is 2.84. The molecule has 1 aromatic heterocycles. The molecule has 3 nitrogen and oxygen atoms in total. The van der Waals surface area contributed by atoms with E-state index < -0.39 is 0 Å². The first kappa shape index (κ1) is 12.8. The van der Waals surface area contributed by atoms with Gasteiger partial charge in [0, 0.05) is 30.5 Å². The minimum absolute atomic E-state index is 0.460. The first-order valence-corrected chi connectivity index (χ1v) is 6.46. The van der Waals surface area contributed by atoms with E-state index in [0.29, 0.717) is 12.0 Å². The predicted molar refractivity (Wildman–Crippen MR) is 75.3 cm³/mol. The quantitative estimate of drug-likeness (QED) is 0.875. The van der Waals surface area contributed by atoms with Crippen molar-refractivity contribution < 1.29 is 0 Å². The van der Waals surface area contributed by atoms with Gasteiger partial charge in [0.05, 0.1) is 0 Å². The number of rotatable bonds is 5. The van der Waals surface area contributed by atoms with Gasteiger partial charge in [0.2, 0.25) is 0 Å². The van der Waals surface area contributed by atoms with Gasteiger partial charge in [-0.3, -0.25) is 0 Å². The van der Waals surface area contributed by atoms with Crippen molar-refractivity contribution in [3.05, 3.63) is 42.7 Å². The fourth-order valence-corrected chi connectivity index (χ4v) is 2.15. The van der Waals surface area contributed by atoms with Gasteiger partial charge in [-0.15, -0.1) is 0 Å². The lowest BCUT2D eigenvalue weighted by Gasteiger charge is -2.21. The third-order valence-corrected chi connectivity index (χ3v) is 3.32. The Morgan fingerprint density at radius 1 is 1.22 bits per heavy atom. The lowest BCUT2D eigenvalue weighted by molar-refractivity contribution is 0.379. The van der Waals surface area contributed by atoms with Crippen molar-refractivity contribution in [1.29, 1.82) is 0 Å². The molecule has 1 aromatic carbocycles. The number of imidazole rings is 1. The van der Waals surface area contributed by atoms with Crippen molar-refractivity contribution >= 4 is 0 Å². The van der Waals surface area contributed by atoms with Crippen molar-refractivity contribution in [3.63, 3.8) is 0 Å². The summed E-state index contributed by atoms with van der Waals surface area (Å²) in [6.07, 6.45) is 3.92. The normalized spacial score (nSPS) is 12.9. The summed E-state index contributed by atoms with van der Waals surface area (Å²) in [6.45, 7) is 5.42. The third kappa shape index (κ3) is 2.79. The SMILES string of the molecule is CNC(Cn1ccnc1-c1ccccc1)C(C)C. The Morgan fingerprint density at radius 3 is 2.56 bits per heavy atom. The third-order valence-electron chi connectivity index (χ3n) is 3.32. The molecule has 0 aliphatic rings. The van der Waals surface area contributed by atoms with Crippen LogP contribution in [0.15, 0.2) is 42.7 Å². The number of benzene rings is 1. The Bertz CT molecular complexity index is 473. The monoisotopic (exact) mass is 243 g/mol. The molecule has 1 atom stereocenters. The van der Waals surface area contributed by atoms with E-state index in [2.05, 4.69) is 47.0 Å². The number of nitrogens with zero attached hydrogens (tertiary/aromatic N) is 2. The van der Waals surface area contributed by atoms with Crippen LogP contribution in [-0.2, 0) is 6.54 Å². The molecule has 2 aromatic rings. The molecule has 0 radical (unpaired) electrons. The maximum absolute atomic E-state index is 4.47. The highest BCUT2D eigenvalue weighted by atomic mass is 15.1. The standard InChI is InChI=1S/C15H21N3/c1-12(2)14(16-3)11-18-10-9-17-15(18)13-7-5-4-6-8-13/h4-10,12,14,16H,11H2,1-3H3. The predicted octanol–water partition coefficient (Wildman–Crippen LogP) is 2.79. The molecule has 18 heavy (non-hydrogen) atoms. The topological polar surface area (TPSA) is 29.9 Å². The maximum Gasteiger partial charge on any atom is 0.139 e. The fraction of sp³-hybridized carbons (Fsp3) is 0.400. The van der Waals surface area contributed by atoms with Crippen LogP contribution in [0.2, 0.25) is 0 Å². The minimum Gasteiger partial charge on any atom is -0.329 e. The van der Waals surface area contributed by atoms with Crippen LogP contribution in [0.5, 0.6) is 0 Å². The largest absolute Gasteiger partial charge is 0.329 e. The van der Waals surface area contributed by atoms with Gasteiger partial charge in [-0.05, 0) is 13.0 Å². The summed E-state index contributed by atoms with van der Waals surface area (Å²) in [5, 5.41) is 3.37. The van der Waals surface area contributed by atoms with Crippen LogP contribution in [0.1, 0.15) is 13.8 Å². The summed E-state index contributed by atoms with van der Waals surface area (Å²) >= 11 is 0. The molecule has 0 saturated heterocycles. The van der Waals surface area contributed by atoms with E-state index in [-0.39, 0.29) is 0 Å². The molecule has 0 spiro atoms. The van der Waals surface area contributed by atoms with Gasteiger partial charge in [-0.25, -0.2) is 4.98 Å². The number of nitrogens with one attached hydrogen (secondary N) is 1. The van der Waals surface area contributed by atoms with Gasteiger partial charge in [-0.2, -0.15) is 0 Å². The molecule has 0 aliphatic heterocycles. The van der Waals surface area contributed by atoms with Gasteiger partial charge in [0.15, 0.2) is 0 Å². The molecule has 0 aliphatic carbocycles. The number of aromatic nitrogens is 2. The average molecular weight is 243 g/mol. The van der Waals surface area contributed by atoms with Crippen LogP contribution >= 0.6 is 0 Å². The Hall–Kier alpha value is -1.61. The van der Waals surface area contributed by atoms with Gasteiger partial charge >= 0.3 is 0 Å². The van der Waals surface area contributed by atoms with E-state index in [1.165, 1.54) is 5.56 Å². The second-order valence-electron chi connectivity index (χ2n) is 4.91. The van der Waals surface area contributed by atoms with Crippen molar-refractivity contribution in [2.75, 3.05) is 7.05 Å². The summed E-state index contributed by atoms with van der Waals surface area (Å²) in [4.78, 5) is 4.47. The van der Waals surface area contributed by atoms with Crippen molar-refractivity contribution in [2.45, 2.75) is 26.4 Å². The van der Waals surface area contributed by atoms with Crippen molar-refractivity contribution in [1.82, 2.24) is 14.9 Å². The van der Waals surface area contributed by atoms with E-state index in [4.69, 9.17) is 0 Å². The summed E-state index contributed by atoms with van der Waals surface area (Å²) < 4.78 is 2.22. The highest BCUT2D eigenvalue weighted by molar-refractivity contribution is 5.55. The molecule has 0 fully saturated rings. The Morgan fingerprint density at radius 2 is 1.94 bits per heavy atom. The molecular formula is C15H21N3. The molecule has 0 saturated carbocycles. The van der Waals surface area contributed by atoms with Crippen LogP contribution in [0.3, 0.4) is 0 Å². The Kier molecular flexibility index (Phi) is 4.15. The summed E-state index contributed by atoms with van der Waals surface area (Å²) in [6, 6.07) is 10.8. The molecule has 1 N–H and O–H groups in total. The summed E-state index contributed by atoms with van der Waals surface area (Å²) in [7, 11) is 2.02. The van der Waals surface area contributed by atoms with E-state index in [1.54, 1.807) is 0 Å². The van der Waals surface area contributed by atoms with E-state index in [0.717, 1.165) is 12.4 Å². The molecule has 0 bridgehead atoms. The zero-order valence-electron chi connectivity index (χ0n) is 11.3. The zero-order valence-corrected chi connectivity index (χ0v) is 11.3. The smallest absolute Gasteiger partial charge is 0.139 e. The Labute approximate surface area is 109 Å². The van der Waals surface area contributed by atoms with Crippen LogP contribution in [-0.4, -0.2) is 22.6 Å². The lowest BCUT2D eigenvalue weighted by atomic mass is 10.0. The second-order valence-corrected chi connectivity index (χ2v) is 4.91. The van der Waals surface area contributed by atoms with Gasteiger partial charge < -0.3 is 9.88 Å². The van der Waals surface area contributed by atoms with Crippen LogP contribution in [0.25, 0.3) is 11.4 Å². The number of hydrogen-bond acceptors (Lipinski definition) is 2. The zero-order chi connectivity index (χ0) is 13.0. The van der Waals surface area contributed by atoms with Crippen LogP contribution in [0.4, 0.5) is 0 Å². The highest BCUT2D eigenvalue weighted by Crippen LogP contribution is 2.18. The van der Waals surface area contributed by atoms with Crippen LogP contribution < -0.4 is 5.32 Å². The van der Waals surface area contributed by atoms with E-state index in [1.807, 2.05) is 31.4 Å². The summed E-state index contributed by atoms with van der Waals surface area (Å²) in [5.74, 6) is 1.64. The molecule has 3 heteroatoms. The minimum atomic E-state index is 0.460. The van der Waals surface area contributed by atoms with Gasteiger partial charge in [-0.1, -0.05) is 44.2 Å². The molecule has 96 valence electrons. The van der Waals surface area contributed by atoms with Gasteiger partial charge in [0.1, 0.15) is 5.82 Å².